The SMILES string of the molecule is COCc1nc(OC)c2c(C)c(C(=O)Nc3ccccc3C(=O)N3CC(C)CC(C)C3)sc2n1. The molecule has 3 aromatic rings. The number of hydrogen-bond acceptors (Lipinski definition) is 7. The lowest BCUT2D eigenvalue weighted by atomic mass is 9.91. The normalized spacial score (nSPS) is 18.2. The van der Waals surface area contributed by atoms with Gasteiger partial charge in [0, 0.05) is 20.2 Å². The molecule has 34 heavy (non-hydrogen) atoms. The molecular formula is C25H30N4O4S. The van der Waals surface area contributed by atoms with Crippen molar-refractivity contribution in [2.24, 2.45) is 11.8 Å². The molecule has 3 heterocycles. The van der Waals surface area contributed by atoms with Gasteiger partial charge in [-0.25, -0.2) is 4.98 Å². The third kappa shape index (κ3) is 4.76. The van der Waals surface area contributed by atoms with Gasteiger partial charge < -0.3 is 19.7 Å². The van der Waals surface area contributed by atoms with Crippen LogP contribution in [0.2, 0.25) is 0 Å². The van der Waals surface area contributed by atoms with Gasteiger partial charge in [-0.15, -0.1) is 11.3 Å². The number of carbonyl (C=O) groups is 2. The molecule has 2 atom stereocenters. The number of ether oxygens (including phenoxy) is 2. The van der Waals surface area contributed by atoms with Gasteiger partial charge >= 0.3 is 0 Å². The van der Waals surface area contributed by atoms with E-state index in [0.29, 0.717) is 49.9 Å². The van der Waals surface area contributed by atoms with Crippen LogP contribution in [0, 0.1) is 18.8 Å². The van der Waals surface area contributed by atoms with Crippen molar-refractivity contribution in [2.75, 3.05) is 32.6 Å². The number of benzene rings is 1. The fourth-order valence-corrected chi connectivity index (χ4v) is 5.74. The van der Waals surface area contributed by atoms with Crippen molar-refractivity contribution in [3.05, 3.63) is 46.1 Å². The Morgan fingerprint density at radius 3 is 2.53 bits per heavy atom. The Morgan fingerprint density at radius 1 is 1.15 bits per heavy atom. The number of nitrogens with zero attached hydrogens (tertiary/aromatic N) is 3. The number of methoxy groups -OCH3 is 2. The van der Waals surface area contributed by atoms with Crippen LogP contribution in [0.1, 0.15) is 51.7 Å². The van der Waals surface area contributed by atoms with Crippen molar-refractivity contribution in [1.29, 1.82) is 0 Å². The van der Waals surface area contributed by atoms with E-state index in [1.54, 1.807) is 26.4 Å². The minimum absolute atomic E-state index is 0.0564. The number of rotatable bonds is 6. The number of aryl methyl sites for hydroxylation is 1. The molecule has 2 amide bonds. The monoisotopic (exact) mass is 482 g/mol. The van der Waals surface area contributed by atoms with Gasteiger partial charge in [0.1, 0.15) is 11.4 Å². The molecule has 0 spiro atoms. The standard InChI is InChI=1S/C25H30N4O4S/c1-14-10-15(2)12-29(11-14)25(31)17-8-6-7-9-18(17)26-22(30)21-16(3)20-23(33-5)27-19(13-32-4)28-24(20)34-21/h6-9,14-15H,10-13H2,1-5H3,(H,26,30). The van der Waals surface area contributed by atoms with Crippen LogP contribution in [0.3, 0.4) is 0 Å². The summed E-state index contributed by atoms with van der Waals surface area (Å²) >= 11 is 1.27. The first-order valence-corrected chi connectivity index (χ1v) is 12.2. The van der Waals surface area contributed by atoms with E-state index < -0.39 is 0 Å². The van der Waals surface area contributed by atoms with E-state index in [-0.39, 0.29) is 18.4 Å². The Morgan fingerprint density at radius 2 is 1.85 bits per heavy atom. The quantitative estimate of drug-likeness (QED) is 0.555. The summed E-state index contributed by atoms with van der Waals surface area (Å²) in [7, 11) is 3.11. The molecule has 1 N–H and O–H groups in total. The molecule has 4 rings (SSSR count). The maximum atomic E-state index is 13.4. The zero-order valence-corrected chi connectivity index (χ0v) is 21.0. The molecule has 9 heteroatoms. The van der Waals surface area contributed by atoms with Gasteiger partial charge in [-0.2, -0.15) is 4.98 Å². The second-order valence-electron chi connectivity index (χ2n) is 8.97. The van der Waals surface area contributed by atoms with Gasteiger partial charge in [0.05, 0.1) is 28.6 Å². The average molecular weight is 483 g/mol. The van der Waals surface area contributed by atoms with Gasteiger partial charge in [0.25, 0.3) is 11.8 Å². The van der Waals surface area contributed by atoms with Crippen LogP contribution in [0.5, 0.6) is 5.88 Å². The first-order chi connectivity index (χ1) is 16.3. The summed E-state index contributed by atoms with van der Waals surface area (Å²) < 4.78 is 10.6. The molecule has 0 bridgehead atoms. The second kappa shape index (κ2) is 10.1. The summed E-state index contributed by atoms with van der Waals surface area (Å²) in [4.78, 5) is 38.7. The molecule has 0 saturated carbocycles. The van der Waals surface area contributed by atoms with Crippen LogP contribution >= 0.6 is 11.3 Å². The molecule has 180 valence electrons. The van der Waals surface area contributed by atoms with Crippen LogP contribution < -0.4 is 10.1 Å². The summed E-state index contributed by atoms with van der Waals surface area (Å²) in [5.41, 5.74) is 1.73. The Hall–Kier alpha value is -3.04. The Labute approximate surface area is 203 Å². The van der Waals surface area contributed by atoms with E-state index in [2.05, 4.69) is 29.1 Å². The zero-order valence-electron chi connectivity index (χ0n) is 20.2. The maximum absolute atomic E-state index is 13.4. The fourth-order valence-electron chi connectivity index (χ4n) is 4.66. The number of anilines is 1. The predicted octanol–water partition coefficient (Wildman–Crippen LogP) is 4.53. The molecule has 2 aromatic heterocycles. The number of hydrogen-bond donors (Lipinski definition) is 1. The molecule has 1 aliphatic heterocycles. The first-order valence-electron chi connectivity index (χ1n) is 11.3. The van der Waals surface area contributed by atoms with Crippen LogP contribution in [0.15, 0.2) is 24.3 Å². The van der Waals surface area contributed by atoms with Crippen molar-refractivity contribution in [1.82, 2.24) is 14.9 Å². The van der Waals surface area contributed by atoms with Crippen LogP contribution in [0.4, 0.5) is 5.69 Å². The highest BCUT2D eigenvalue weighted by Crippen LogP contribution is 2.35. The van der Waals surface area contributed by atoms with E-state index in [9.17, 15) is 9.59 Å². The molecule has 8 nitrogen and oxygen atoms in total. The number of nitrogens with one attached hydrogen (secondary N) is 1. The van der Waals surface area contributed by atoms with E-state index in [0.717, 1.165) is 25.1 Å². The third-order valence-electron chi connectivity index (χ3n) is 6.04. The lowest BCUT2D eigenvalue weighted by molar-refractivity contribution is 0.0624. The molecule has 1 aliphatic rings. The van der Waals surface area contributed by atoms with Gasteiger partial charge in [-0.05, 0) is 42.9 Å². The largest absolute Gasteiger partial charge is 0.480 e. The number of piperidine rings is 1. The summed E-state index contributed by atoms with van der Waals surface area (Å²) in [6.45, 7) is 7.88. The van der Waals surface area contributed by atoms with E-state index >= 15 is 0 Å². The Kier molecular flexibility index (Phi) is 7.13. The summed E-state index contributed by atoms with van der Waals surface area (Å²) in [6.07, 6.45) is 1.12. The smallest absolute Gasteiger partial charge is 0.266 e. The lowest BCUT2D eigenvalue weighted by Crippen LogP contribution is -2.42. The number of amides is 2. The highest BCUT2D eigenvalue weighted by atomic mass is 32.1. The maximum Gasteiger partial charge on any atom is 0.266 e. The van der Waals surface area contributed by atoms with Gasteiger partial charge in [-0.1, -0.05) is 26.0 Å². The van der Waals surface area contributed by atoms with Gasteiger partial charge in [0.15, 0.2) is 5.82 Å². The lowest BCUT2D eigenvalue weighted by Gasteiger charge is -2.35. The van der Waals surface area contributed by atoms with E-state index in [4.69, 9.17) is 9.47 Å². The van der Waals surface area contributed by atoms with Crippen LogP contribution in [0.25, 0.3) is 10.2 Å². The number of para-hydroxylation sites is 1. The molecule has 2 unspecified atom stereocenters. The molecule has 0 radical (unpaired) electrons. The summed E-state index contributed by atoms with van der Waals surface area (Å²) in [5, 5.41) is 3.67. The van der Waals surface area contributed by atoms with E-state index in [1.807, 2.05) is 24.0 Å². The van der Waals surface area contributed by atoms with Gasteiger partial charge in [-0.3, -0.25) is 9.59 Å². The summed E-state index contributed by atoms with van der Waals surface area (Å²) in [6, 6.07) is 7.17. The highest BCUT2D eigenvalue weighted by Gasteiger charge is 2.28. The van der Waals surface area contributed by atoms with Crippen LogP contribution in [-0.4, -0.2) is 54.0 Å². The van der Waals surface area contributed by atoms with Crippen molar-refractivity contribution in [3.8, 4) is 5.88 Å². The molecule has 1 fully saturated rings. The second-order valence-corrected chi connectivity index (χ2v) is 9.97. The summed E-state index contributed by atoms with van der Waals surface area (Å²) in [5.74, 6) is 1.45. The fraction of sp³-hybridized carbons (Fsp3) is 0.440. The average Bonchev–Trinajstić information content (AvgIpc) is 3.14. The predicted molar refractivity (Wildman–Crippen MR) is 133 cm³/mol. The number of thiophene rings is 1. The molecule has 1 aromatic carbocycles. The molecule has 0 aliphatic carbocycles. The highest BCUT2D eigenvalue weighted by molar-refractivity contribution is 7.20. The minimum Gasteiger partial charge on any atom is -0.480 e. The Bertz CT molecular complexity index is 1220. The van der Waals surface area contributed by atoms with Crippen molar-refractivity contribution in [2.45, 2.75) is 33.8 Å². The zero-order chi connectivity index (χ0) is 24.4. The first kappa shape index (κ1) is 24.1. The number of aromatic nitrogens is 2. The van der Waals surface area contributed by atoms with Crippen molar-refractivity contribution >= 4 is 39.1 Å². The molecular weight excluding hydrogens is 452 g/mol. The Balaban J connectivity index is 1.64. The molecule has 1 saturated heterocycles. The van der Waals surface area contributed by atoms with Crippen LogP contribution in [-0.2, 0) is 11.3 Å². The number of likely N-dealkylation sites (tertiary alicyclic amines) is 1. The minimum atomic E-state index is -0.295. The third-order valence-corrected chi connectivity index (χ3v) is 7.22. The number of carbonyl (C=O) groups excluding carboxylic acids is 2. The van der Waals surface area contributed by atoms with Crippen molar-refractivity contribution in [3.63, 3.8) is 0 Å². The van der Waals surface area contributed by atoms with E-state index in [1.165, 1.54) is 11.3 Å². The van der Waals surface area contributed by atoms with Crippen molar-refractivity contribution < 1.29 is 19.1 Å². The topological polar surface area (TPSA) is 93.7 Å². The van der Waals surface area contributed by atoms with Gasteiger partial charge in [0.2, 0.25) is 5.88 Å². The number of fused-ring (bicyclic) bond motifs is 1.